The first-order chi connectivity index (χ1) is 9.20. The van der Waals surface area contributed by atoms with E-state index in [0.717, 1.165) is 31.5 Å². The van der Waals surface area contributed by atoms with Gasteiger partial charge in [0, 0.05) is 25.7 Å². The van der Waals surface area contributed by atoms with Crippen LogP contribution in [0.5, 0.6) is 0 Å². The van der Waals surface area contributed by atoms with Crippen molar-refractivity contribution in [1.29, 1.82) is 0 Å². The zero-order chi connectivity index (χ0) is 13.7. The van der Waals surface area contributed by atoms with Gasteiger partial charge in [-0.15, -0.1) is 0 Å². The van der Waals surface area contributed by atoms with E-state index in [1.807, 2.05) is 0 Å². The van der Waals surface area contributed by atoms with Crippen molar-refractivity contribution < 1.29 is 0 Å². The summed E-state index contributed by atoms with van der Waals surface area (Å²) in [5, 5.41) is 0. The summed E-state index contributed by atoms with van der Waals surface area (Å²) in [6, 6.07) is 11.5. The van der Waals surface area contributed by atoms with Gasteiger partial charge in [-0.1, -0.05) is 44.2 Å². The van der Waals surface area contributed by atoms with Crippen molar-refractivity contribution in [2.24, 2.45) is 17.6 Å². The van der Waals surface area contributed by atoms with E-state index < -0.39 is 0 Å². The molecule has 1 aliphatic rings. The normalized spacial score (nSPS) is 27.7. The molecule has 2 N–H and O–H groups in total. The maximum absolute atomic E-state index is 5.82. The highest BCUT2D eigenvalue weighted by molar-refractivity contribution is 5.14. The summed E-state index contributed by atoms with van der Waals surface area (Å²) in [5.41, 5.74) is 7.23. The molecule has 1 saturated carbocycles. The Labute approximate surface area is 118 Å². The second kappa shape index (κ2) is 7.06. The lowest BCUT2D eigenvalue weighted by molar-refractivity contribution is 0.0896. The van der Waals surface area contributed by atoms with Crippen LogP contribution in [0.4, 0.5) is 0 Å². The van der Waals surface area contributed by atoms with Crippen molar-refractivity contribution in [3.05, 3.63) is 35.9 Å². The van der Waals surface area contributed by atoms with E-state index >= 15 is 0 Å². The van der Waals surface area contributed by atoms with Crippen LogP contribution in [0.3, 0.4) is 0 Å². The number of hydrogen-bond acceptors (Lipinski definition) is 2. The minimum Gasteiger partial charge on any atom is -0.329 e. The molecule has 0 saturated heterocycles. The summed E-state index contributed by atoms with van der Waals surface area (Å²) in [4.78, 5) is 2.60. The topological polar surface area (TPSA) is 29.3 Å². The van der Waals surface area contributed by atoms with Crippen LogP contribution in [0.15, 0.2) is 30.3 Å². The molecular weight excluding hydrogens is 232 g/mol. The Morgan fingerprint density at radius 1 is 1.16 bits per heavy atom. The van der Waals surface area contributed by atoms with Gasteiger partial charge in [-0.25, -0.2) is 0 Å². The first-order valence-electron chi connectivity index (χ1n) is 7.68. The standard InChI is InChI=1S/C17H28N2/c1-14-8-9-17(15(2)12-14)19(11-10-18)13-16-6-4-3-5-7-16/h3-7,14-15,17H,8-13,18H2,1-2H3. The predicted molar refractivity (Wildman–Crippen MR) is 81.9 cm³/mol. The van der Waals surface area contributed by atoms with E-state index in [0.29, 0.717) is 6.04 Å². The van der Waals surface area contributed by atoms with Gasteiger partial charge in [0.2, 0.25) is 0 Å². The molecule has 1 aromatic rings. The lowest BCUT2D eigenvalue weighted by atomic mass is 9.79. The molecule has 0 spiro atoms. The molecule has 0 bridgehead atoms. The average Bonchev–Trinajstić information content (AvgIpc) is 2.39. The number of nitrogens with two attached hydrogens (primary N) is 1. The third kappa shape index (κ3) is 4.05. The molecule has 3 atom stereocenters. The maximum atomic E-state index is 5.82. The molecule has 106 valence electrons. The molecule has 2 rings (SSSR count). The van der Waals surface area contributed by atoms with E-state index in [1.165, 1.54) is 24.8 Å². The van der Waals surface area contributed by atoms with Crippen molar-refractivity contribution in [3.8, 4) is 0 Å². The van der Waals surface area contributed by atoms with Crippen LogP contribution in [0.25, 0.3) is 0 Å². The fourth-order valence-electron chi connectivity index (χ4n) is 3.54. The first kappa shape index (κ1) is 14.5. The molecule has 3 unspecified atom stereocenters. The van der Waals surface area contributed by atoms with Crippen molar-refractivity contribution in [2.75, 3.05) is 13.1 Å². The third-order valence-electron chi connectivity index (χ3n) is 4.50. The van der Waals surface area contributed by atoms with E-state index in [9.17, 15) is 0 Å². The summed E-state index contributed by atoms with van der Waals surface area (Å²) in [7, 11) is 0. The lowest BCUT2D eigenvalue weighted by Gasteiger charge is -2.40. The second-order valence-electron chi connectivity index (χ2n) is 6.21. The molecule has 0 amide bonds. The zero-order valence-electron chi connectivity index (χ0n) is 12.4. The Kier molecular flexibility index (Phi) is 5.41. The van der Waals surface area contributed by atoms with E-state index in [-0.39, 0.29) is 0 Å². The molecule has 19 heavy (non-hydrogen) atoms. The van der Waals surface area contributed by atoms with Crippen molar-refractivity contribution in [3.63, 3.8) is 0 Å². The van der Waals surface area contributed by atoms with Gasteiger partial charge < -0.3 is 5.73 Å². The number of rotatable bonds is 5. The van der Waals surface area contributed by atoms with Gasteiger partial charge in [-0.3, -0.25) is 4.90 Å². The Hall–Kier alpha value is -0.860. The molecule has 2 nitrogen and oxygen atoms in total. The molecule has 1 aromatic carbocycles. The summed E-state index contributed by atoms with van der Waals surface area (Å²) in [6.45, 7) is 7.61. The van der Waals surface area contributed by atoms with Crippen LogP contribution in [0.1, 0.15) is 38.7 Å². The van der Waals surface area contributed by atoms with Crippen molar-refractivity contribution in [1.82, 2.24) is 4.90 Å². The monoisotopic (exact) mass is 260 g/mol. The lowest BCUT2D eigenvalue weighted by Crippen LogP contribution is -2.44. The summed E-state index contributed by atoms with van der Waals surface area (Å²) in [5.74, 6) is 1.68. The molecule has 2 heteroatoms. The fraction of sp³-hybridized carbons (Fsp3) is 0.647. The van der Waals surface area contributed by atoms with Crippen LogP contribution in [-0.2, 0) is 6.54 Å². The van der Waals surface area contributed by atoms with Gasteiger partial charge in [0.25, 0.3) is 0 Å². The maximum Gasteiger partial charge on any atom is 0.0237 e. The van der Waals surface area contributed by atoms with Gasteiger partial charge >= 0.3 is 0 Å². The molecular formula is C17H28N2. The Morgan fingerprint density at radius 2 is 1.89 bits per heavy atom. The first-order valence-corrected chi connectivity index (χ1v) is 7.68. The zero-order valence-corrected chi connectivity index (χ0v) is 12.4. The summed E-state index contributed by atoms with van der Waals surface area (Å²) < 4.78 is 0. The number of nitrogens with zero attached hydrogens (tertiary/aromatic N) is 1. The summed E-state index contributed by atoms with van der Waals surface area (Å²) in [6.07, 6.45) is 4.06. The van der Waals surface area contributed by atoms with Gasteiger partial charge in [-0.2, -0.15) is 0 Å². The Morgan fingerprint density at radius 3 is 2.53 bits per heavy atom. The molecule has 0 heterocycles. The molecule has 1 aliphatic carbocycles. The van der Waals surface area contributed by atoms with Gasteiger partial charge in [0.15, 0.2) is 0 Å². The SMILES string of the molecule is CC1CCC(N(CCN)Cc2ccccc2)C(C)C1. The van der Waals surface area contributed by atoms with Crippen LogP contribution < -0.4 is 5.73 Å². The molecule has 0 aliphatic heterocycles. The van der Waals surface area contributed by atoms with Crippen molar-refractivity contribution in [2.45, 2.75) is 45.7 Å². The van der Waals surface area contributed by atoms with Crippen LogP contribution in [-0.4, -0.2) is 24.0 Å². The largest absolute Gasteiger partial charge is 0.329 e. The molecule has 0 radical (unpaired) electrons. The van der Waals surface area contributed by atoms with Crippen molar-refractivity contribution >= 4 is 0 Å². The predicted octanol–water partition coefficient (Wildman–Crippen LogP) is 3.27. The van der Waals surface area contributed by atoms with Gasteiger partial charge in [0.05, 0.1) is 0 Å². The van der Waals surface area contributed by atoms with E-state index in [1.54, 1.807) is 0 Å². The average molecular weight is 260 g/mol. The van der Waals surface area contributed by atoms with E-state index in [4.69, 9.17) is 5.73 Å². The summed E-state index contributed by atoms with van der Waals surface area (Å²) >= 11 is 0. The van der Waals surface area contributed by atoms with Gasteiger partial charge in [-0.05, 0) is 36.7 Å². The quantitative estimate of drug-likeness (QED) is 0.880. The smallest absolute Gasteiger partial charge is 0.0237 e. The molecule has 0 aromatic heterocycles. The van der Waals surface area contributed by atoms with Crippen LogP contribution in [0, 0.1) is 11.8 Å². The highest BCUT2D eigenvalue weighted by Gasteiger charge is 2.29. The molecule has 1 fully saturated rings. The number of benzene rings is 1. The fourth-order valence-corrected chi connectivity index (χ4v) is 3.54. The highest BCUT2D eigenvalue weighted by atomic mass is 15.2. The third-order valence-corrected chi connectivity index (χ3v) is 4.50. The Balaban J connectivity index is 2.03. The minimum absolute atomic E-state index is 0.708. The highest BCUT2D eigenvalue weighted by Crippen LogP contribution is 2.32. The minimum atomic E-state index is 0.708. The number of hydrogen-bond donors (Lipinski definition) is 1. The second-order valence-corrected chi connectivity index (χ2v) is 6.21. The van der Waals surface area contributed by atoms with Crippen LogP contribution >= 0.6 is 0 Å². The van der Waals surface area contributed by atoms with E-state index in [2.05, 4.69) is 49.1 Å². The van der Waals surface area contributed by atoms with Gasteiger partial charge in [0.1, 0.15) is 0 Å². The Bertz CT molecular complexity index is 363. The van der Waals surface area contributed by atoms with Crippen LogP contribution in [0.2, 0.25) is 0 Å².